The van der Waals surface area contributed by atoms with E-state index in [9.17, 15) is 14.4 Å². The molecule has 0 saturated heterocycles. The first-order valence-electron chi connectivity index (χ1n) is 14.6. The van der Waals surface area contributed by atoms with Gasteiger partial charge in [-0.3, -0.25) is 24.5 Å². The number of benzene rings is 3. The lowest BCUT2D eigenvalue weighted by Gasteiger charge is -2.36. The number of carbonyl (C=O) groups is 3. The number of H-pyrrole nitrogens is 1. The van der Waals surface area contributed by atoms with E-state index >= 15 is 4.39 Å². The van der Waals surface area contributed by atoms with Crippen LogP contribution in [0.5, 0.6) is 0 Å². The summed E-state index contributed by atoms with van der Waals surface area (Å²) < 4.78 is 16.5. The van der Waals surface area contributed by atoms with Crippen LogP contribution in [-0.4, -0.2) is 64.6 Å². The fourth-order valence-electron chi connectivity index (χ4n) is 5.78. The molecule has 48 heavy (non-hydrogen) atoms. The van der Waals surface area contributed by atoms with Gasteiger partial charge < -0.3 is 16.0 Å². The maximum atomic E-state index is 15.3. The van der Waals surface area contributed by atoms with Crippen LogP contribution >= 0.6 is 11.6 Å². The van der Waals surface area contributed by atoms with Crippen LogP contribution in [0.25, 0.3) is 33.9 Å². The van der Waals surface area contributed by atoms with Crippen LogP contribution in [0.1, 0.15) is 33.1 Å². The summed E-state index contributed by atoms with van der Waals surface area (Å²) in [5, 5.41) is 21.6. The highest BCUT2D eigenvalue weighted by Crippen LogP contribution is 2.36. The third kappa shape index (κ3) is 5.64. The number of fused-ring (bicyclic) bond motifs is 2. The quantitative estimate of drug-likeness (QED) is 0.212. The predicted molar refractivity (Wildman–Crippen MR) is 174 cm³/mol. The Kier molecular flexibility index (Phi) is 7.90. The van der Waals surface area contributed by atoms with Crippen molar-refractivity contribution in [3.63, 3.8) is 0 Å². The fourth-order valence-corrected chi connectivity index (χ4v) is 5.94. The minimum atomic E-state index is -1.08. The standard InChI is InChI=1S/C33H24ClFN10O3/c34-25-8-9-27(45-17-39-42-43-45)24(29(25)35)7-10-28(46)44-14-12-22-23(11-13-37-30(22)18-1-3-19(4-2-18)32(36)47)31(44)33(48)40-21-6-5-20-16-38-41-26(20)15-21/h1-11,13,15-17,31H,12,14H2,(H2,36,47)(H,38,41)(H,40,48)/b10-7+/t31-/m0/s1. The third-order valence-electron chi connectivity index (χ3n) is 8.08. The summed E-state index contributed by atoms with van der Waals surface area (Å²) in [5.74, 6) is -2.34. The van der Waals surface area contributed by atoms with Crippen molar-refractivity contribution in [1.82, 2.24) is 40.3 Å². The number of nitrogens with two attached hydrogens (primary N) is 1. The van der Waals surface area contributed by atoms with Gasteiger partial charge in [-0.15, -0.1) is 5.10 Å². The average molecular weight is 663 g/mol. The number of primary amides is 1. The minimum Gasteiger partial charge on any atom is -0.366 e. The Hall–Kier alpha value is -6.28. The zero-order valence-electron chi connectivity index (χ0n) is 24.8. The van der Waals surface area contributed by atoms with E-state index in [1.54, 1.807) is 54.9 Å². The molecule has 4 N–H and O–H groups in total. The molecule has 3 aromatic heterocycles. The molecule has 4 heterocycles. The van der Waals surface area contributed by atoms with Crippen LogP contribution in [0.4, 0.5) is 10.1 Å². The molecule has 7 rings (SSSR count). The first-order chi connectivity index (χ1) is 23.3. The highest BCUT2D eigenvalue weighted by molar-refractivity contribution is 6.31. The summed E-state index contributed by atoms with van der Waals surface area (Å²) in [4.78, 5) is 45.7. The molecule has 6 aromatic rings. The lowest BCUT2D eigenvalue weighted by atomic mass is 9.89. The first-order valence-corrected chi connectivity index (χ1v) is 15.0. The van der Waals surface area contributed by atoms with E-state index in [2.05, 4.69) is 36.0 Å². The number of nitrogens with zero attached hydrogens (tertiary/aromatic N) is 7. The number of hydrogen-bond acceptors (Lipinski definition) is 8. The van der Waals surface area contributed by atoms with Crippen molar-refractivity contribution >= 4 is 52.0 Å². The van der Waals surface area contributed by atoms with Crippen molar-refractivity contribution < 1.29 is 18.8 Å². The summed E-state index contributed by atoms with van der Waals surface area (Å²) in [6.45, 7) is 0.143. The molecule has 0 bridgehead atoms. The maximum Gasteiger partial charge on any atom is 0.251 e. The van der Waals surface area contributed by atoms with Gasteiger partial charge in [0.05, 0.1) is 28.1 Å². The van der Waals surface area contributed by atoms with Crippen molar-refractivity contribution in [3.05, 3.63) is 119 Å². The van der Waals surface area contributed by atoms with Crippen LogP contribution in [0.15, 0.2) is 85.5 Å². The number of tetrazole rings is 1. The molecule has 1 aliphatic heterocycles. The van der Waals surface area contributed by atoms with Gasteiger partial charge >= 0.3 is 0 Å². The Bertz CT molecular complexity index is 2230. The number of aromatic nitrogens is 7. The SMILES string of the molecule is NC(=O)c1ccc(-c2nccc3c2CCN(C(=O)/C=C/c2c(-n4cnnn4)ccc(Cl)c2F)[C@@H]3C(=O)Nc2ccc3cn[nH]c3c2)cc1. The van der Waals surface area contributed by atoms with Crippen molar-refractivity contribution in [2.24, 2.45) is 5.73 Å². The van der Waals surface area contributed by atoms with Crippen molar-refractivity contribution in [3.8, 4) is 16.9 Å². The van der Waals surface area contributed by atoms with Gasteiger partial charge in [0.15, 0.2) is 5.82 Å². The van der Waals surface area contributed by atoms with Crippen LogP contribution in [0, 0.1) is 5.82 Å². The number of nitrogens with one attached hydrogen (secondary N) is 2. The molecule has 3 aromatic carbocycles. The number of pyridine rings is 1. The molecular weight excluding hydrogens is 639 g/mol. The smallest absolute Gasteiger partial charge is 0.251 e. The number of hydrogen-bond donors (Lipinski definition) is 3. The second-order valence-electron chi connectivity index (χ2n) is 10.9. The molecule has 0 saturated carbocycles. The van der Waals surface area contributed by atoms with Crippen LogP contribution < -0.4 is 11.1 Å². The monoisotopic (exact) mass is 662 g/mol. The number of rotatable bonds is 7. The van der Waals surface area contributed by atoms with Gasteiger partial charge in [-0.2, -0.15) is 9.78 Å². The molecule has 13 nitrogen and oxygen atoms in total. The third-order valence-corrected chi connectivity index (χ3v) is 8.37. The molecular formula is C33H24ClFN10O3. The van der Waals surface area contributed by atoms with E-state index in [0.29, 0.717) is 34.5 Å². The van der Waals surface area contributed by atoms with E-state index in [-0.39, 0.29) is 22.8 Å². The fraction of sp³-hybridized carbons (Fsp3) is 0.0909. The van der Waals surface area contributed by atoms with Gasteiger partial charge in [-0.25, -0.2) is 4.39 Å². The summed E-state index contributed by atoms with van der Waals surface area (Å²) in [6.07, 6.45) is 7.36. The molecule has 0 unspecified atom stereocenters. The van der Waals surface area contributed by atoms with Crippen molar-refractivity contribution in [2.75, 3.05) is 11.9 Å². The van der Waals surface area contributed by atoms with Crippen LogP contribution in [-0.2, 0) is 16.0 Å². The zero-order chi connectivity index (χ0) is 33.4. The van der Waals surface area contributed by atoms with Crippen molar-refractivity contribution in [2.45, 2.75) is 12.5 Å². The van der Waals surface area contributed by atoms with Gasteiger partial charge in [-0.05, 0) is 82.6 Å². The molecule has 1 atom stereocenters. The van der Waals surface area contributed by atoms with Gasteiger partial charge in [0.25, 0.3) is 5.91 Å². The average Bonchev–Trinajstić information content (AvgIpc) is 3.81. The van der Waals surface area contributed by atoms with Crippen LogP contribution in [0.2, 0.25) is 5.02 Å². The van der Waals surface area contributed by atoms with E-state index < -0.39 is 29.6 Å². The number of aromatic amines is 1. The largest absolute Gasteiger partial charge is 0.366 e. The van der Waals surface area contributed by atoms with E-state index in [1.807, 2.05) is 6.07 Å². The van der Waals surface area contributed by atoms with E-state index in [1.165, 1.54) is 40.2 Å². The van der Waals surface area contributed by atoms with Gasteiger partial charge in [0.1, 0.15) is 12.4 Å². The second kappa shape index (κ2) is 12.5. The maximum absolute atomic E-state index is 15.3. The van der Waals surface area contributed by atoms with Crippen LogP contribution in [0.3, 0.4) is 0 Å². The highest BCUT2D eigenvalue weighted by atomic mass is 35.5. The Labute approximate surface area is 276 Å². The Morgan fingerprint density at radius 2 is 1.92 bits per heavy atom. The van der Waals surface area contributed by atoms with Crippen molar-refractivity contribution in [1.29, 1.82) is 0 Å². The molecule has 1 aliphatic rings. The highest BCUT2D eigenvalue weighted by Gasteiger charge is 2.37. The summed E-state index contributed by atoms with van der Waals surface area (Å²) in [7, 11) is 0. The Balaban J connectivity index is 1.27. The van der Waals surface area contributed by atoms with Gasteiger partial charge in [0.2, 0.25) is 11.8 Å². The van der Waals surface area contributed by atoms with Gasteiger partial charge in [0, 0.05) is 46.6 Å². The molecule has 15 heteroatoms. The summed E-state index contributed by atoms with van der Waals surface area (Å²) in [6, 6.07) is 15.5. The molecule has 0 aliphatic carbocycles. The molecule has 0 radical (unpaired) electrons. The van der Waals surface area contributed by atoms with E-state index in [4.69, 9.17) is 17.3 Å². The summed E-state index contributed by atoms with van der Waals surface area (Å²) >= 11 is 6.07. The molecule has 0 spiro atoms. The minimum absolute atomic E-state index is 0.0136. The first kappa shape index (κ1) is 30.4. The molecule has 3 amide bonds. The van der Waals surface area contributed by atoms with Gasteiger partial charge in [-0.1, -0.05) is 23.7 Å². The molecule has 238 valence electrons. The summed E-state index contributed by atoms with van der Waals surface area (Å²) in [5.41, 5.74) is 9.89. The zero-order valence-corrected chi connectivity index (χ0v) is 25.6. The molecule has 0 fully saturated rings. The Morgan fingerprint density at radius 3 is 2.69 bits per heavy atom. The predicted octanol–water partition coefficient (Wildman–Crippen LogP) is 4.27. The lowest BCUT2D eigenvalue weighted by molar-refractivity contribution is -0.135. The topological polar surface area (TPSA) is 178 Å². The lowest BCUT2D eigenvalue weighted by Crippen LogP contribution is -2.45. The number of anilines is 1. The van der Waals surface area contributed by atoms with E-state index in [0.717, 1.165) is 16.5 Å². The Morgan fingerprint density at radius 1 is 1.08 bits per heavy atom. The number of amides is 3. The normalized spacial score (nSPS) is 14.3. The number of carbonyl (C=O) groups excluding carboxylic acids is 3. The number of halogens is 2. The second-order valence-corrected chi connectivity index (χ2v) is 11.3.